The quantitative estimate of drug-likeness (QED) is 0.467. The number of amides is 1. The van der Waals surface area contributed by atoms with Gasteiger partial charge in [-0.05, 0) is 49.4 Å². The Kier molecular flexibility index (Phi) is 5.96. The summed E-state index contributed by atoms with van der Waals surface area (Å²) in [5, 5.41) is 15.1. The van der Waals surface area contributed by atoms with E-state index in [-0.39, 0.29) is 11.2 Å². The third-order valence-corrected chi connectivity index (χ3v) is 6.71. The molecule has 1 amide bonds. The van der Waals surface area contributed by atoms with Crippen LogP contribution in [0.1, 0.15) is 36.5 Å². The van der Waals surface area contributed by atoms with Crippen molar-refractivity contribution in [3.63, 3.8) is 0 Å². The molecule has 0 bridgehead atoms. The zero-order valence-corrected chi connectivity index (χ0v) is 18.2. The zero-order valence-electron chi connectivity index (χ0n) is 15.1. The van der Waals surface area contributed by atoms with Gasteiger partial charge in [-0.1, -0.05) is 41.0 Å². The second-order valence-electron chi connectivity index (χ2n) is 6.66. The number of thiophene rings is 1. The van der Waals surface area contributed by atoms with E-state index in [1.165, 1.54) is 16.6 Å². The molecule has 2 heterocycles. The van der Waals surface area contributed by atoms with E-state index in [4.69, 9.17) is 23.2 Å². The first-order chi connectivity index (χ1) is 13.5. The van der Waals surface area contributed by atoms with Gasteiger partial charge in [-0.15, -0.1) is 21.5 Å². The molecule has 28 heavy (non-hydrogen) atoms. The molecule has 5 nitrogen and oxygen atoms in total. The number of hydrogen-bond acceptors (Lipinski definition) is 5. The molecule has 3 aromatic rings. The standard InChI is InChI=1S/C19H18Cl2N4OS2/c1-11(18(26)22-14-8-12(20)7-13(21)9-14)28-19-24-23-17(25(19)15-4-5-15)10-16-3-2-6-27-16/h2-3,6-9,11,15H,4-5,10H2,1H3,(H,22,26)/t11-/m0/s1. The highest BCUT2D eigenvalue weighted by atomic mass is 35.5. The number of carbonyl (C=O) groups is 1. The third-order valence-electron chi connectivity index (χ3n) is 4.34. The van der Waals surface area contributed by atoms with Crippen molar-refractivity contribution in [3.8, 4) is 0 Å². The molecule has 1 saturated carbocycles. The fourth-order valence-corrected chi connectivity index (χ4v) is 5.02. The van der Waals surface area contributed by atoms with Gasteiger partial charge in [-0.25, -0.2) is 0 Å². The van der Waals surface area contributed by atoms with Crippen LogP contribution in [0.5, 0.6) is 0 Å². The molecule has 1 aromatic carbocycles. The maximum atomic E-state index is 12.6. The average molecular weight is 453 g/mol. The number of aromatic nitrogens is 3. The van der Waals surface area contributed by atoms with Crippen molar-refractivity contribution in [3.05, 3.63) is 56.5 Å². The molecule has 2 aromatic heterocycles. The van der Waals surface area contributed by atoms with E-state index in [9.17, 15) is 4.79 Å². The highest BCUT2D eigenvalue weighted by molar-refractivity contribution is 8.00. The predicted octanol–water partition coefficient (Wildman–Crippen LogP) is 5.69. The van der Waals surface area contributed by atoms with Gasteiger partial charge in [0.1, 0.15) is 5.82 Å². The summed E-state index contributed by atoms with van der Waals surface area (Å²) in [5.74, 6) is 0.829. The molecular formula is C19H18Cl2N4OS2. The minimum atomic E-state index is -0.339. The third kappa shape index (κ3) is 4.71. The molecule has 0 spiro atoms. The molecule has 1 atom stereocenters. The van der Waals surface area contributed by atoms with E-state index in [2.05, 4.69) is 31.5 Å². The number of nitrogens with one attached hydrogen (secondary N) is 1. The molecule has 1 N–H and O–H groups in total. The molecule has 0 aliphatic heterocycles. The summed E-state index contributed by atoms with van der Waals surface area (Å²) >= 11 is 15.1. The van der Waals surface area contributed by atoms with E-state index in [0.717, 1.165) is 30.2 Å². The molecule has 0 saturated heterocycles. The van der Waals surface area contributed by atoms with Crippen molar-refractivity contribution in [1.82, 2.24) is 14.8 Å². The van der Waals surface area contributed by atoms with Gasteiger partial charge in [0, 0.05) is 33.1 Å². The van der Waals surface area contributed by atoms with Crippen LogP contribution in [-0.4, -0.2) is 25.9 Å². The van der Waals surface area contributed by atoms with Crippen LogP contribution >= 0.6 is 46.3 Å². The largest absolute Gasteiger partial charge is 0.325 e. The monoisotopic (exact) mass is 452 g/mol. The van der Waals surface area contributed by atoms with Crippen LogP contribution in [0.3, 0.4) is 0 Å². The fourth-order valence-electron chi connectivity index (χ4n) is 2.86. The Morgan fingerprint density at radius 2 is 2.07 bits per heavy atom. The van der Waals surface area contributed by atoms with Crippen LogP contribution in [0.15, 0.2) is 40.9 Å². The average Bonchev–Trinajstić information content (AvgIpc) is 3.18. The Bertz CT molecular complexity index is 966. The van der Waals surface area contributed by atoms with Crippen LogP contribution in [0.2, 0.25) is 10.0 Å². The van der Waals surface area contributed by atoms with Crippen LogP contribution in [-0.2, 0) is 11.2 Å². The normalized spacial score (nSPS) is 14.8. The van der Waals surface area contributed by atoms with E-state index in [1.54, 1.807) is 29.5 Å². The Morgan fingerprint density at radius 1 is 1.32 bits per heavy atom. The van der Waals surface area contributed by atoms with Crippen LogP contribution in [0, 0.1) is 0 Å². The molecular weight excluding hydrogens is 435 g/mol. The summed E-state index contributed by atoms with van der Waals surface area (Å²) in [4.78, 5) is 13.9. The minimum absolute atomic E-state index is 0.131. The maximum Gasteiger partial charge on any atom is 0.237 e. The maximum absolute atomic E-state index is 12.6. The molecule has 0 radical (unpaired) electrons. The van der Waals surface area contributed by atoms with E-state index >= 15 is 0 Å². The Morgan fingerprint density at radius 3 is 2.71 bits per heavy atom. The number of halogens is 2. The molecule has 146 valence electrons. The smallest absolute Gasteiger partial charge is 0.237 e. The topological polar surface area (TPSA) is 59.8 Å². The summed E-state index contributed by atoms with van der Waals surface area (Å²) in [7, 11) is 0. The fraction of sp³-hybridized carbons (Fsp3) is 0.316. The second kappa shape index (κ2) is 8.45. The SMILES string of the molecule is C[C@H](Sc1nnc(Cc2cccs2)n1C1CC1)C(=O)Nc1cc(Cl)cc(Cl)c1. The summed E-state index contributed by atoms with van der Waals surface area (Å²) in [6, 6.07) is 9.57. The number of anilines is 1. The number of thioether (sulfide) groups is 1. The van der Waals surface area contributed by atoms with Crippen molar-refractivity contribution < 1.29 is 4.79 Å². The lowest BCUT2D eigenvalue weighted by molar-refractivity contribution is -0.115. The molecule has 1 aliphatic carbocycles. The molecule has 1 fully saturated rings. The van der Waals surface area contributed by atoms with E-state index in [0.29, 0.717) is 21.8 Å². The predicted molar refractivity (Wildman–Crippen MR) is 116 cm³/mol. The number of hydrogen-bond donors (Lipinski definition) is 1. The van der Waals surface area contributed by atoms with Crippen molar-refractivity contribution in [2.24, 2.45) is 0 Å². The van der Waals surface area contributed by atoms with Crippen LogP contribution < -0.4 is 5.32 Å². The first kappa shape index (κ1) is 19.8. The number of benzene rings is 1. The van der Waals surface area contributed by atoms with Crippen molar-refractivity contribution in [2.75, 3.05) is 5.32 Å². The zero-order chi connectivity index (χ0) is 19.7. The van der Waals surface area contributed by atoms with Gasteiger partial charge in [0.25, 0.3) is 0 Å². The Labute approximate surface area is 181 Å². The van der Waals surface area contributed by atoms with Crippen molar-refractivity contribution in [2.45, 2.75) is 42.6 Å². The van der Waals surface area contributed by atoms with Crippen molar-refractivity contribution in [1.29, 1.82) is 0 Å². The van der Waals surface area contributed by atoms with Gasteiger partial charge in [-0.3, -0.25) is 4.79 Å². The summed E-state index contributed by atoms with van der Waals surface area (Å²) in [6.45, 7) is 1.86. The van der Waals surface area contributed by atoms with E-state index < -0.39 is 0 Å². The van der Waals surface area contributed by atoms with Gasteiger partial charge in [-0.2, -0.15) is 0 Å². The first-order valence-corrected chi connectivity index (χ1v) is 11.4. The highest BCUT2D eigenvalue weighted by Gasteiger charge is 2.31. The lowest BCUT2D eigenvalue weighted by Crippen LogP contribution is -2.23. The summed E-state index contributed by atoms with van der Waals surface area (Å²) in [5.41, 5.74) is 0.581. The highest BCUT2D eigenvalue weighted by Crippen LogP contribution is 2.40. The Balaban J connectivity index is 1.47. The van der Waals surface area contributed by atoms with Gasteiger partial charge >= 0.3 is 0 Å². The number of rotatable bonds is 7. The lowest BCUT2D eigenvalue weighted by Gasteiger charge is -2.13. The Hall–Kier alpha value is -1.54. The van der Waals surface area contributed by atoms with E-state index in [1.807, 2.05) is 13.0 Å². The van der Waals surface area contributed by atoms with Gasteiger partial charge in [0.2, 0.25) is 5.91 Å². The van der Waals surface area contributed by atoms with Crippen molar-refractivity contribution >= 4 is 57.9 Å². The second-order valence-corrected chi connectivity index (χ2v) is 9.88. The first-order valence-electron chi connectivity index (χ1n) is 8.89. The molecule has 1 aliphatic rings. The van der Waals surface area contributed by atoms with Crippen LogP contribution in [0.25, 0.3) is 0 Å². The van der Waals surface area contributed by atoms with Crippen LogP contribution in [0.4, 0.5) is 5.69 Å². The molecule has 4 rings (SSSR count). The van der Waals surface area contributed by atoms with Gasteiger partial charge in [0.05, 0.1) is 5.25 Å². The molecule has 9 heteroatoms. The number of nitrogens with zero attached hydrogens (tertiary/aromatic N) is 3. The lowest BCUT2D eigenvalue weighted by atomic mass is 10.3. The van der Waals surface area contributed by atoms with Gasteiger partial charge < -0.3 is 9.88 Å². The molecule has 0 unspecified atom stereocenters. The summed E-state index contributed by atoms with van der Waals surface area (Å²) < 4.78 is 2.20. The minimum Gasteiger partial charge on any atom is -0.325 e. The summed E-state index contributed by atoms with van der Waals surface area (Å²) in [6.07, 6.45) is 3.03. The van der Waals surface area contributed by atoms with Gasteiger partial charge in [0.15, 0.2) is 5.16 Å². The number of carbonyl (C=O) groups excluding carboxylic acids is 1.